The molecule has 0 radical (unpaired) electrons. The Morgan fingerprint density at radius 1 is 0.864 bits per heavy atom. The number of hydrogen-bond acceptors (Lipinski definition) is 5. The molecule has 2 aromatic carbocycles. The van der Waals surface area contributed by atoms with E-state index < -0.39 is 5.97 Å². The summed E-state index contributed by atoms with van der Waals surface area (Å²) in [7, 11) is 0. The number of carboxylic acid groups (broad SMARTS) is 1. The highest BCUT2D eigenvalue weighted by Gasteiger charge is 1.95. The SMILES string of the molecule is NCC(=O)O.Oc1ccc(C=Cc2cc(O)cc(O)c2)cc1. The molecular formula is C16H17NO5. The van der Waals surface area contributed by atoms with Gasteiger partial charge in [-0.3, -0.25) is 4.79 Å². The van der Waals surface area contributed by atoms with Crippen molar-refractivity contribution in [3.8, 4) is 17.2 Å². The molecule has 0 unspecified atom stereocenters. The third-order valence-electron chi connectivity index (χ3n) is 2.46. The average Bonchev–Trinajstić information content (AvgIpc) is 2.46. The molecule has 0 spiro atoms. The molecule has 0 aliphatic carbocycles. The minimum atomic E-state index is -0.968. The van der Waals surface area contributed by atoms with Crippen LogP contribution < -0.4 is 5.73 Å². The summed E-state index contributed by atoms with van der Waals surface area (Å²) in [5.41, 5.74) is 6.20. The lowest BCUT2D eigenvalue weighted by molar-refractivity contribution is -0.135. The van der Waals surface area contributed by atoms with Crippen molar-refractivity contribution < 1.29 is 25.2 Å². The van der Waals surface area contributed by atoms with Crippen LogP contribution in [0.25, 0.3) is 12.2 Å². The molecule has 0 aliphatic rings. The second-order valence-corrected chi connectivity index (χ2v) is 4.31. The molecule has 0 saturated heterocycles. The van der Waals surface area contributed by atoms with Gasteiger partial charge in [0.25, 0.3) is 0 Å². The van der Waals surface area contributed by atoms with Crippen molar-refractivity contribution in [2.24, 2.45) is 5.73 Å². The summed E-state index contributed by atoms with van der Waals surface area (Å²) >= 11 is 0. The standard InChI is InChI=1S/C14H12O3.C2H5NO2/c15-12-5-3-10(4-6-12)1-2-11-7-13(16)9-14(17)8-11;3-1-2(4)5/h1-9,15-17H;1,3H2,(H,4,5). The summed E-state index contributed by atoms with van der Waals surface area (Å²) in [4.78, 5) is 9.24. The maximum atomic E-state index is 9.30. The van der Waals surface area contributed by atoms with Gasteiger partial charge in [0, 0.05) is 6.07 Å². The van der Waals surface area contributed by atoms with E-state index in [0.29, 0.717) is 5.56 Å². The zero-order chi connectivity index (χ0) is 16.5. The number of phenolic OH excluding ortho intramolecular Hbond substituents is 3. The molecule has 2 aromatic rings. The van der Waals surface area contributed by atoms with Crippen molar-refractivity contribution in [2.45, 2.75) is 0 Å². The van der Waals surface area contributed by atoms with Crippen molar-refractivity contribution in [3.05, 3.63) is 53.6 Å². The molecule has 116 valence electrons. The lowest BCUT2D eigenvalue weighted by atomic mass is 10.1. The summed E-state index contributed by atoms with van der Waals surface area (Å²) in [5.74, 6) is -0.701. The number of aromatic hydroxyl groups is 3. The quantitative estimate of drug-likeness (QED) is 0.552. The Morgan fingerprint density at radius 3 is 1.77 bits per heavy atom. The molecule has 0 saturated carbocycles. The van der Waals surface area contributed by atoms with Crippen molar-refractivity contribution in [1.82, 2.24) is 0 Å². The number of rotatable bonds is 3. The molecule has 0 bridgehead atoms. The molecule has 0 aliphatic heterocycles. The van der Waals surface area contributed by atoms with Crippen LogP contribution in [-0.2, 0) is 4.79 Å². The van der Waals surface area contributed by atoms with Gasteiger partial charge in [0.05, 0.1) is 6.54 Å². The minimum Gasteiger partial charge on any atom is -0.508 e. The van der Waals surface area contributed by atoms with Crippen LogP contribution in [0.1, 0.15) is 11.1 Å². The topological polar surface area (TPSA) is 124 Å². The Bertz CT molecular complexity index is 630. The Labute approximate surface area is 127 Å². The second-order valence-electron chi connectivity index (χ2n) is 4.31. The highest BCUT2D eigenvalue weighted by atomic mass is 16.4. The van der Waals surface area contributed by atoms with Crippen molar-refractivity contribution >= 4 is 18.1 Å². The van der Waals surface area contributed by atoms with E-state index in [9.17, 15) is 15.0 Å². The van der Waals surface area contributed by atoms with Gasteiger partial charge in [-0.05, 0) is 35.4 Å². The second kappa shape index (κ2) is 8.33. The highest BCUT2D eigenvalue weighted by Crippen LogP contribution is 2.22. The van der Waals surface area contributed by atoms with Crippen LogP contribution >= 0.6 is 0 Å². The molecule has 0 aromatic heterocycles. The number of phenols is 3. The third kappa shape index (κ3) is 6.44. The number of aliphatic carboxylic acids is 1. The zero-order valence-corrected chi connectivity index (χ0v) is 11.7. The smallest absolute Gasteiger partial charge is 0.317 e. The molecular weight excluding hydrogens is 286 g/mol. The number of nitrogens with two attached hydrogens (primary N) is 1. The van der Waals surface area contributed by atoms with Gasteiger partial charge in [0.15, 0.2) is 0 Å². The summed E-state index contributed by atoms with van der Waals surface area (Å²) in [5, 5.41) is 35.3. The summed E-state index contributed by atoms with van der Waals surface area (Å²) in [6.45, 7) is -0.278. The number of carbonyl (C=O) groups is 1. The van der Waals surface area contributed by atoms with Gasteiger partial charge in [0.2, 0.25) is 0 Å². The van der Waals surface area contributed by atoms with E-state index in [4.69, 9.17) is 10.2 Å². The Morgan fingerprint density at radius 2 is 1.32 bits per heavy atom. The predicted octanol–water partition coefficient (Wildman–Crippen LogP) is 2.00. The normalized spacial score (nSPS) is 10.0. The first-order valence-electron chi connectivity index (χ1n) is 6.32. The number of benzene rings is 2. The molecule has 6 heteroatoms. The van der Waals surface area contributed by atoms with Gasteiger partial charge < -0.3 is 26.2 Å². The van der Waals surface area contributed by atoms with E-state index in [2.05, 4.69) is 5.73 Å². The fourth-order valence-corrected chi connectivity index (χ4v) is 1.49. The van der Waals surface area contributed by atoms with Gasteiger partial charge >= 0.3 is 5.97 Å². The zero-order valence-electron chi connectivity index (χ0n) is 11.7. The molecule has 0 heterocycles. The number of hydrogen-bond donors (Lipinski definition) is 5. The fraction of sp³-hybridized carbons (Fsp3) is 0.0625. The van der Waals surface area contributed by atoms with Gasteiger partial charge in [-0.2, -0.15) is 0 Å². The van der Waals surface area contributed by atoms with Crippen LogP contribution in [-0.4, -0.2) is 32.9 Å². The molecule has 6 N–H and O–H groups in total. The van der Waals surface area contributed by atoms with Crippen molar-refractivity contribution in [2.75, 3.05) is 6.54 Å². The van der Waals surface area contributed by atoms with E-state index in [0.717, 1.165) is 5.56 Å². The first-order valence-corrected chi connectivity index (χ1v) is 6.32. The van der Waals surface area contributed by atoms with Crippen LogP contribution in [0.3, 0.4) is 0 Å². The predicted molar refractivity (Wildman–Crippen MR) is 83.5 cm³/mol. The summed E-state index contributed by atoms with van der Waals surface area (Å²) < 4.78 is 0. The lowest BCUT2D eigenvalue weighted by Crippen LogP contribution is -2.10. The minimum absolute atomic E-state index is 0.0235. The molecule has 2 rings (SSSR count). The number of carboxylic acids is 1. The highest BCUT2D eigenvalue weighted by molar-refractivity contribution is 5.71. The van der Waals surface area contributed by atoms with Gasteiger partial charge in [-0.1, -0.05) is 24.3 Å². The molecule has 22 heavy (non-hydrogen) atoms. The van der Waals surface area contributed by atoms with Crippen LogP contribution in [0, 0.1) is 0 Å². The Hall–Kier alpha value is -2.99. The first-order chi connectivity index (χ1) is 10.4. The first kappa shape index (κ1) is 17.1. The lowest BCUT2D eigenvalue weighted by Gasteiger charge is -1.98. The van der Waals surface area contributed by atoms with Crippen LogP contribution in [0.2, 0.25) is 0 Å². The molecule has 6 nitrogen and oxygen atoms in total. The van der Waals surface area contributed by atoms with Gasteiger partial charge in [-0.15, -0.1) is 0 Å². The van der Waals surface area contributed by atoms with Gasteiger partial charge in [0.1, 0.15) is 17.2 Å². The van der Waals surface area contributed by atoms with E-state index in [1.54, 1.807) is 42.5 Å². The largest absolute Gasteiger partial charge is 0.508 e. The van der Waals surface area contributed by atoms with Crippen LogP contribution in [0.5, 0.6) is 17.2 Å². The third-order valence-corrected chi connectivity index (χ3v) is 2.46. The van der Waals surface area contributed by atoms with E-state index in [-0.39, 0.29) is 23.8 Å². The summed E-state index contributed by atoms with van der Waals surface area (Å²) in [6.07, 6.45) is 3.60. The molecule has 0 amide bonds. The maximum absolute atomic E-state index is 9.30. The fourth-order valence-electron chi connectivity index (χ4n) is 1.49. The van der Waals surface area contributed by atoms with Crippen LogP contribution in [0.15, 0.2) is 42.5 Å². The van der Waals surface area contributed by atoms with E-state index >= 15 is 0 Å². The molecule has 0 fully saturated rings. The van der Waals surface area contributed by atoms with Crippen molar-refractivity contribution in [1.29, 1.82) is 0 Å². The Kier molecular flexibility index (Phi) is 6.46. The van der Waals surface area contributed by atoms with Crippen LogP contribution in [0.4, 0.5) is 0 Å². The maximum Gasteiger partial charge on any atom is 0.317 e. The van der Waals surface area contributed by atoms with Gasteiger partial charge in [-0.25, -0.2) is 0 Å². The Balaban J connectivity index is 0.000000422. The average molecular weight is 303 g/mol. The monoisotopic (exact) mass is 303 g/mol. The van der Waals surface area contributed by atoms with E-state index in [1.165, 1.54) is 6.07 Å². The summed E-state index contributed by atoms with van der Waals surface area (Å²) in [6, 6.07) is 11.1. The molecule has 0 atom stereocenters. The van der Waals surface area contributed by atoms with Crippen molar-refractivity contribution in [3.63, 3.8) is 0 Å². The van der Waals surface area contributed by atoms with E-state index in [1.807, 2.05) is 6.08 Å².